The highest BCUT2D eigenvalue weighted by atomic mass is 16.5. The third kappa shape index (κ3) is 2.58. The van der Waals surface area contributed by atoms with E-state index in [4.69, 9.17) is 4.74 Å². The van der Waals surface area contributed by atoms with Crippen LogP contribution in [0.3, 0.4) is 0 Å². The van der Waals surface area contributed by atoms with Crippen LogP contribution in [0.5, 0.6) is 5.75 Å². The molecule has 0 radical (unpaired) electrons. The Morgan fingerprint density at radius 3 is 2.67 bits per heavy atom. The molecule has 0 saturated heterocycles. The maximum Gasteiger partial charge on any atom is 0.120 e. The minimum Gasteiger partial charge on any atom is -0.548 e. The van der Waals surface area contributed by atoms with Crippen molar-refractivity contribution in [3.05, 3.63) is 24.3 Å². The number of ether oxygens (including phenoxy) is 1. The van der Waals surface area contributed by atoms with Crippen molar-refractivity contribution in [3.63, 3.8) is 0 Å². The number of carbonyl (C=O) groups is 1. The van der Waals surface area contributed by atoms with E-state index in [9.17, 15) is 9.90 Å². The van der Waals surface area contributed by atoms with Crippen LogP contribution in [0, 0.1) is 0 Å². The molecule has 0 aliphatic heterocycles. The summed E-state index contributed by atoms with van der Waals surface area (Å²) < 4.78 is 5.13. The summed E-state index contributed by atoms with van der Waals surface area (Å²) in [5, 5.41) is 14.6. The lowest BCUT2D eigenvalue weighted by atomic mass is 9.81. The largest absolute Gasteiger partial charge is 0.548 e. The summed E-state index contributed by atoms with van der Waals surface area (Å²) in [7, 11) is 1.59. The molecule has 1 aromatic rings. The van der Waals surface area contributed by atoms with Crippen molar-refractivity contribution < 1.29 is 14.6 Å². The predicted molar refractivity (Wildman–Crippen MR) is 67.4 cm³/mol. The Morgan fingerprint density at radius 2 is 2.06 bits per heavy atom. The van der Waals surface area contributed by atoms with E-state index in [0.717, 1.165) is 24.9 Å². The number of aliphatic carboxylic acids is 1. The number of hydrogen-bond acceptors (Lipinski definition) is 4. The summed E-state index contributed by atoms with van der Waals surface area (Å²) in [6, 6.07) is 7.33. The zero-order valence-corrected chi connectivity index (χ0v) is 10.6. The van der Waals surface area contributed by atoms with Gasteiger partial charge in [0.15, 0.2) is 0 Å². The second kappa shape index (κ2) is 5.29. The number of carboxylic acid groups (broad SMARTS) is 1. The fourth-order valence-electron chi connectivity index (χ4n) is 2.51. The van der Waals surface area contributed by atoms with Gasteiger partial charge < -0.3 is 20.0 Å². The molecule has 1 fully saturated rings. The first kappa shape index (κ1) is 12.7. The molecule has 18 heavy (non-hydrogen) atoms. The van der Waals surface area contributed by atoms with Gasteiger partial charge in [0.2, 0.25) is 0 Å². The van der Waals surface area contributed by atoms with E-state index < -0.39 is 11.5 Å². The maximum atomic E-state index is 11.4. The number of methoxy groups -OCH3 is 1. The molecule has 0 atom stereocenters. The molecule has 0 bridgehead atoms. The van der Waals surface area contributed by atoms with Crippen molar-refractivity contribution >= 4 is 11.7 Å². The molecular weight excluding hydrogens is 230 g/mol. The Balaban J connectivity index is 2.20. The van der Waals surface area contributed by atoms with Gasteiger partial charge in [-0.15, -0.1) is 0 Å². The molecule has 2 rings (SSSR count). The molecule has 0 spiro atoms. The highest BCUT2D eigenvalue weighted by Gasteiger charge is 2.33. The molecular formula is C14H18NO3-. The van der Waals surface area contributed by atoms with Gasteiger partial charge in [-0.05, 0) is 25.0 Å². The van der Waals surface area contributed by atoms with Gasteiger partial charge in [0.25, 0.3) is 0 Å². The number of benzene rings is 1. The van der Waals surface area contributed by atoms with Crippen molar-refractivity contribution in [2.75, 3.05) is 12.4 Å². The van der Waals surface area contributed by atoms with E-state index in [1.54, 1.807) is 13.2 Å². The van der Waals surface area contributed by atoms with E-state index in [0.29, 0.717) is 18.6 Å². The second-order valence-corrected chi connectivity index (χ2v) is 4.79. The Bertz CT molecular complexity index is 425. The minimum atomic E-state index is -1.01. The summed E-state index contributed by atoms with van der Waals surface area (Å²) in [6.45, 7) is 0. The molecule has 1 aliphatic rings. The van der Waals surface area contributed by atoms with Crippen LogP contribution >= 0.6 is 0 Å². The predicted octanol–water partition coefficient (Wildman–Crippen LogP) is 1.56. The van der Waals surface area contributed by atoms with Crippen molar-refractivity contribution in [1.82, 2.24) is 0 Å². The van der Waals surface area contributed by atoms with Crippen LogP contribution in [0.4, 0.5) is 5.69 Å². The Kier molecular flexibility index (Phi) is 3.75. The molecule has 0 heterocycles. The first-order valence-electron chi connectivity index (χ1n) is 6.30. The van der Waals surface area contributed by atoms with E-state index >= 15 is 0 Å². The van der Waals surface area contributed by atoms with Crippen LogP contribution < -0.4 is 15.2 Å². The molecule has 0 aromatic heterocycles. The topological polar surface area (TPSA) is 61.4 Å². The summed E-state index contributed by atoms with van der Waals surface area (Å²) in [5.74, 6) is -0.297. The lowest BCUT2D eigenvalue weighted by Gasteiger charge is -2.39. The first-order valence-corrected chi connectivity index (χ1v) is 6.30. The number of carbonyl (C=O) groups excluding carboxylic acids is 1. The third-order valence-electron chi connectivity index (χ3n) is 3.55. The number of hydrogen-bond donors (Lipinski definition) is 1. The fourth-order valence-corrected chi connectivity index (χ4v) is 2.51. The number of carboxylic acids is 1. The summed E-state index contributed by atoms with van der Waals surface area (Å²) in [4.78, 5) is 11.4. The first-order chi connectivity index (χ1) is 8.66. The van der Waals surface area contributed by atoms with Crippen molar-refractivity contribution in [3.8, 4) is 5.75 Å². The van der Waals surface area contributed by atoms with Crippen LogP contribution in [0.1, 0.15) is 32.1 Å². The van der Waals surface area contributed by atoms with Gasteiger partial charge >= 0.3 is 0 Å². The van der Waals surface area contributed by atoms with Crippen molar-refractivity contribution in [1.29, 1.82) is 0 Å². The molecule has 1 aliphatic carbocycles. The summed E-state index contributed by atoms with van der Waals surface area (Å²) in [5.41, 5.74) is -0.162. The molecule has 1 N–H and O–H groups in total. The Morgan fingerprint density at radius 1 is 1.33 bits per heavy atom. The monoisotopic (exact) mass is 248 g/mol. The summed E-state index contributed by atoms with van der Waals surface area (Å²) >= 11 is 0. The summed E-state index contributed by atoms with van der Waals surface area (Å²) in [6.07, 6.45) is 4.17. The highest BCUT2D eigenvalue weighted by Crippen LogP contribution is 2.32. The highest BCUT2D eigenvalue weighted by molar-refractivity contribution is 5.81. The molecule has 1 aromatic carbocycles. The number of anilines is 1. The number of rotatable bonds is 4. The van der Waals surface area contributed by atoms with Crippen molar-refractivity contribution in [2.24, 2.45) is 0 Å². The minimum absolute atomic E-state index is 0.618. The lowest BCUT2D eigenvalue weighted by Crippen LogP contribution is -2.55. The molecule has 4 heteroatoms. The van der Waals surface area contributed by atoms with E-state index in [1.807, 2.05) is 18.2 Å². The molecule has 98 valence electrons. The standard InChI is InChI=1S/C14H19NO3/c1-18-12-7-5-6-11(10-12)15-14(13(16)17)8-3-2-4-9-14/h5-7,10,15H,2-4,8-9H2,1H3,(H,16,17)/p-1. The van der Waals surface area contributed by atoms with Gasteiger partial charge in [-0.3, -0.25) is 0 Å². The van der Waals surface area contributed by atoms with Gasteiger partial charge in [0.1, 0.15) is 5.75 Å². The van der Waals surface area contributed by atoms with Crippen LogP contribution in [0.15, 0.2) is 24.3 Å². The van der Waals surface area contributed by atoms with Gasteiger partial charge in [-0.25, -0.2) is 0 Å². The molecule has 0 amide bonds. The lowest BCUT2D eigenvalue weighted by molar-refractivity contribution is -0.313. The van der Waals surface area contributed by atoms with Gasteiger partial charge in [0, 0.05) is 11.8 Å². The Hall–Kier alpha value is -1.71. The maximum absolute atomic E-state index is 11.4. The normalized spacial score (nSPS) is 18.1. The molecule has 1 saturated carbocycles. The van der Waals surface area contributed by atoms with Crippen LogP contribution in [-0.2, 0) is 4.79 Å². The van der Waals surface area contributed by atoms with Crippen LogP contribution in [0.2, 0.25) is 0 Å². The van der Waals surface area contributed by atoms with E-state index in [2.05, 4.69) is 5.32 Å². The average Bonchev–Trinajstić information content (AvgIpc) is 2.40. The van der Waals surface area contributed by atoms with Crippen LogP contribution in [0.25, 0.3) is 0 Å². The Labute approximate surface area is 107 Å². The van der Waals surface area contributed by atoms with Crippen LogP contribution in [-0.4, -0.2) is 18.6 Å². The van der Waals surface area contributed by atoms with Gasteiger partial charge in [0.05, 0.1) is 18.6 Å². The quantitative estimate of drug-likeness (QED) is 0.878. The smallest absolute Gasteiger partial charge is 0.120 e. The van der Waals surface area contributed by atoms with Gasteiger partial charge in [-0.2, -0.15) is 0 Å². The SMILES string of the molecule is COc1cccc(NC2(C(=O)[O-])CCCCC2)c1. The second-order valence-electron chi connectivity index (χ2n) is 4.79. The number of nitrogens with one attached hydrogen (secondary N) is 1. The average molecular weight is 248 g/mol. The molecule has 0 unspecified atom stereocenters. The fraction of sp³-hybridized carbons (Fsp3) is 0.500. The third-order valence-corrected chi connectivity index (χ3v) is 3.55. The van der Waals surface area contributed by atoms with E-state index in [1.165, 1.54) is 0 Å². The van der Waals surface area contributed by atoms with E-state index in [-0.39, 0.29) is 0 Å². The zero-order valence-electron chi connectivity index (χ0n) is 10.6. The van der Waals surface area contributed by atoms with Crippen molar-refractivity contribution in [2.45, 2.75) is 37.6 Å². The van der Waals surface area contributed by atoms with Gasteiger partial charge in [-0.1, -0.05) is 25.3 Å². The zero-order chi connectivity index (χ0) is 13.0. The molecule has 4 nitrogen and oxygen atoms in total.